The lowest BCUT2D eigenvalue weighted by atomic mass is 10.0. The summed E-state index contributed by atoms with van der Waals surface area (Å²) in [5.74, 6) is 0. The lowest BCUT2D eigenvalue weighted by molar-refractivity contribution is -0.209. The van der Waals surface area contributed by atoms with Gasteiger partial charge in [-0.25, -0.2) is 0 Å². The fourth-order valence-electron chi connectivity index (χ4n) is 3.00. The van der Waals surface area contributed by atoms with Crippen molar-refractivity contribution in [1.82, 2.24) is 0 Å². The lowest BCUT2D eigenvalue weighted by Crippen LogP contribution is -2.53. The Morgan fingerprint density at radius 3 is 1.23 bits per heavy atom. The van der Waals surface area contributed by atoms with Gasteiger partial charge >= 0.3 is 0 Å². The second-order valence-electron chi connectivity index (χ2n) is 7.83. The van der Waals surface area contributed by atoms with Crippen molar-refractivity contribution in [1.29, 1.82) is 0 Å². The fourth-order valence-corrected chi connectivity index (χ4v) is 3.00. The minimum absolute atomic E-state index is 0.0715. The van der Waals surface area contributed by atoms with Crippen molar-refractivity contribution in [2.75, 3.05) is 33.0 Å². The second kappa shape index (κ2) is 18.3. The van der Waals surface area contributed by atoms with Gasteiger partial charge in [0.2, 0.25) is 0 Å². The molecule has 0 heterocycles. The molecule has 0 N–H and O–H groups in total. The first-order valence-electron chi connectivity index (χ1n) is 12.1. The van der Waals surface area contributed by atoms with E-state index in [4.69, 9.17) is 28.4 Å². The van der Waals surface area contributed by atoms with Gasteiger partial charge in [0.1, 0.15) is 24.4 Å². The predicted octanol–water partition coefficient (Wildman–Crippen LogP) is 5.02. The molecular weight excluding hydrogens is 384 g/mol. The molecule has 0 amide bonds. The first kappa shape index (κ1) is 29.8. The summed E-state index contributed by atoms with van der Waals surface area (Å²) in [5, 5.41) is 0. The molecule has 0 aliphatic rings. The molecule has 0 aromatic rings. The number of rotatable bonds is 20. The third-order valence-electron chi connectivity index (χ3n) is 5.38. The van der Waals surface area contributed by atoms with Crippen LogP contribution in [0, 0.1) is 0 Å². The Morgan fingerprint density at radius 1 is 0.467 bits per heavy atom. The highest BCUT2D eigenvalue weighted by Crippen LogP contribution is 2.22. The third-order valence-corrected chi connectivity index (χ3v) is 5.38. The summed E-state index contributed by atoms with van der Waals surface area (Å²) < 4.78 is 37.0. The number of hydrogen-bond donors (Lipinski definition) is 0. The maximum absolute atomic E-state index is 6.49. The molecule has 0 aromatic heterocycles. The molecule has 0 aromatic carbocycles. The standard InChI is InChI=1S/C24H50O6/c1-10-18(7)28-16-21(25-13-4)23(27-15-6)24(30-20(9)12-3)22(26-14-5)17-29-19(8)11-2/h18-24H,10-17H2,1-9H3/t18?,19?,20?,21-,22+,23-,24-/m1/s1. The topological polar surface area (TPSA) is 55.4 Å². The zero-order valence-electron chi connectivity index (χ0n) is 21.1. The van der Waals surface area contributed by atoms with Crippen molar-refractivity contribution in [3.63, 3.8) is 0 Å². The highest BCUT2D eigenvalue weighted by Gasteiger charge is 2.39. The molecule has 0 aliphatic heterocycles. The summed E-state index contributed by atoms with van der Waals surface area (Å²) in [6.45, 7) is 21.2. The van der Waals surface area contributed by atoms with Crippen LogP contribution in [0.15, 0.2) is 0 Å². The van der Waals surface area contributed by atoms with E-state index in [1.807, 2.05) is 20.8 Å². The minimum Gasteiger partial charge on any atom is -0.376 e. The van der Waals surface area contributed by atoms with E-state index in [0.717, 1.165) is 19.3 Å². The summed E-state index contributed by atoms with van der Waals surface area (Å²) in [6.07, 6.45) is 2.09. The largest absolute Gasteiger partial charge is 0.376 e. The van der Waals surface area contributed by atoms with Gasteiger partial charge in [0.15, 0.2) is 0 Å². The molecule has 6 nitrogen and oxygen atoms in total. The smallest absolute Gasteiger partial charge is 0.115 e. The van der Waals surface area contributed by atoms with Gasteiger partial charge in [-0.2, -0.15) is 0 Å². The molecule has 0 rings (SSSR count). The Bertz CT molecular complexity index is 381. The molecule has 182 valence electrons. The van der Waals surface area contributed by atoms with E-state index >= 15 is 0 Å². The van der Waals surface area contributed by atoms with E-state index in [0.29, 0.717) is 33.0 Å². The average Bonchev–Trinajstić information content (AvgIpc) is 2.75. The highest BCUT2D eigenvalue weighted by molar-refractivity contribution is 4.87. The van der Waals surface area contributed by atoms with Gasteiger partial charge in [-0.1, -0.05) is 20.8 Å². The summed E-state index contributed by atoms with van der Waals surface area (Å²) in [4.78, 5) is 0. The molecular formula is C24H50O6. The summed E-state index contributed by atoms with van der Waals surface area (Å²) in [5.41, 5.74) is 0. The Labute approximate surface area is 186 Å². The predicted molar refractivity (Wildman–Crippen MR) is 122 cm³/mol. The molecule has 0 fully saturated rings. The van der Waals surface area contributed by atoms with E-state index in [1.165, 1.54) is 0 Å². The van der Waals surface area contributed by atoms with Crippen molar-refractivity contribution in [2.24, 2.45) is 0 Å². The van der Waals surface area contributed by atoms with Gasteiger partial charge in [0, 0.05) is 19.8 Å². The first-order chi connectivity index (χ1) is 14.4. The van der Waals surface area contributed by atoms with Crippen LogP contribution in [-0.2, 0) is 28.4 Å². The molecule has 30 heavy (non-hydrogen) atoms. The molecule has 0 saturated carbocycles. The molecule has 0 radical (unpaired) electrons. The Hall–Kier alpha value is -0.240. The Balaban J connectivity index is 5.74. The first-order valence-corrected chi connectivity index (χ1v) is 12.1. The van der Waals surface area contributed by atoms with Crippen LogP contribution in [0.2, 0.25) is 0 Å². The molecule has 7 atom stereocenters. The van der Waals surface area contributed by atoms with E-state index in [-0.39, 0.29) is 42.7 Å². The molecule has 0 spiro atoms. The summed E-state index contributed by atoms with van der Waals surface area (Å²) in [6, 6.07) is 0. The SMILES string of the molecule is CCO[C@@H]([C@H](OC(C)CC)[C@H](COC(C)CC)OCC)[C@@H](COC(C)CC)OCC. The average molecular weight is 435 g/mol. The van der Waals surface area contributed by atoms with Gasteiger partial charge in [0.25, 0.3) is 0 Å². The van der Waals surface area contributed by atoms with E-state index in [9.17, 15) is 0 Å². The van der Waals surface area contributed by atoms with Gasteiger partial charge in [-0.3, -0.25) is 0 Å². The molecule has 0 bridgehead atoms. The molecule has 0 aliphatic carbocycles. The normalized spacial score (nSPS) is 19.1. The van der Waals surface area contributed by atoms with Gasteiger partial charge in [-0.05, 0) is 60.8 Å². The number of ether oxygens (including phenoxy) is 6. The van der Waals surface area contributed by atoms with Crippen molar-refractivity contribution in [3.8, 4) is 0 Å². The molecule has 0 saturated heterocycles. The van der Waals surface area contributed by atoms with Crippen LogP contribution in [0.3, 0.4) is 0 Å². The van der Waals surface area contributed by atoms with Crippen molar-refractivity contribution >= 4 is 0 Å². The second-order valence-corrected chi connectivity index (χ2v) is 7.83. The Kier molecular flexibility index (Phi) is 18.2. The van der Waals surface area contributed by atoms with Crippen LogP contribution in [-0.4, -0.2) is 75.8 Å². The van der Waals surface area contributed by atoms with Crippen LogP contribution in [0.5, 0.6) is 0 Å². The van der Waals surface area contributed by atoms with Gasteiger partial charge < -0.3 is 28.4 Å². The quantitative estimate of drug-likeness (QED) is 0.268. The zero-order chi connectivity index (χ0) is 22.9. The monoisotopic (exact) mass is 434 g/mol. The van der Waals surface area contributed by atoms with Crippen molar-refractivity contribution in [3.05, 3.63) is 0 Å². The Morgan fingerprint density at radius 2 is 0.867 bits per heavy atom. The van der Waals surface area contributed by atoms with Gasteiger partial charge in [-0.15, -0.1) is 0 Å². The van der Waals surface area contributed by atoms with Crippen LogP contribution in [0.1, 0.15) is 81.6 Å². The zero-order valence-corrected chi connectivity index (χ0v) is 21.1. The van der Waals surface area contributed by atoms with Crippen LogP contribution in [0.25, 0.3) is 0 Å². The molecule has 6 heteroatoms. The van der Waals surface area contributed by atoms with Crippen LogP contribution >= 0.6 is 0 Å². The third kappa shape index (κ3) is 12.0. The summed E-state index contributed by atoms with van der Waals surface area (Å²) in [7, 11) is 0. The van der Waals surface area contributed by atoms with Crippen LogP contribution in [0.4, 0.5) is 0 Å². The fraction of sp³-hybridized carbons (Fsp3) is 1.00. The van der Waals surface area contributed by atoms with E-state index in [2.05, 4.69) is 41.5 Å². The summed E-state index contributed by atoms with van der Waals surface area (Å²) >= 11 is 0. The maximum atomic E-state index is 6.49. The number of hydrogen-bond acceptors (Lipinski definition) is 6. The maximum Gasteiger partial charge on any atom is 0.115 e. The molecule has 3 unspecified atom stereocenters. The lowest BCUT2D eigenvalue weighted by Gasteiger charge is -2.38. The highest BCUT2D eigenvalue weighted by atomic mass is 16.6. The van der Waals surface area contributed by atoms with Crippen LogP contribution < -0.4 is 0 Å². The van der Waals surface area contributed by atoms with Gasteiger partial charge in [0.05, 0.1) is 31.5 Å². The van der Waals surface area contributed by atoms with Crippen molar-refractivity contribution < 1.29 is 28.4 Å². The van der Waals surface area contributed by atoms with E-state index in [1.54, 1.807) is 0 Å². The van der Waals surface area contributed by atoms with Crippen molar-refractivity contribution in [2.45, 2.75) is 124 Å². The minimum atomic E-state index is -0.319. The van der Waals surface area contributed by atoms with E-state index < -0.39 is 0 Å².